The highest BCUT2D eigenvalue weighted by Crippen LogP contribution is 2.24. The van der Waals surface area contributed by atoms with Crippen molar-refractivity contribution in [2.24, 2.45) is 0 Å². The van der Waals surface area contributed by atoms with Crippen LogP contribution in [0.5, 0.6) is 0 Å². The number of halogens is 1. The summed E-state index contributed by atoms with van der Waals surface area (Å²) in [6.45, 7) is 11.7. The predicted molar refractivity (Wildman–Crippen MR) is 60.9 cm³/mol. The Morgan fingerprint density at radius 3 is 1.73 bits per heavy atom. The van der Waals surface area contributed by atoms with Gasteiger partial charge in [-0.15, -0.1) is 0 Å². The van der Waals surface area contributed by atoms with E-state index in [2.05, 4.69) is 33.1 Å². The molecule has 0 bridgehead atoms. The Morgan fingerprint density at radius 1 is 1.00 bits per heavy atom. The number of hydrogen-bond acceptors (Lipinski definition) is 0. The first-order valence-corrected chi connectivity index (χ1v) is 12.1. The zero-order valence-corrected chi connectivity index (χ0v) is 11.3. The highest BCUT2D eigenvalue weighted by Gasteiger charge is 2.24. The van der Waals surface area contributed by atoms with Crippen molar-refractivity contribution in [3.05, 3.63) is 0 Å². The van der Waals surface area contributed by atoms with Gasteiger partial charge in [0.05, 0.1) is 0 Å². The average Bonchev–Trinajstić information content (AvgIpc) is 1.83. The molecule has 0 spiro atoms. The molecule has 0 atom stereocenters. The zero-order valence-electron chi connectivity index (χ0n) is 8.50. The van der Waals surface area contributed by atoms with Gasteiger partial charge < -0.3 is 0 Å². The van der Waals surface area contributed by atoms with Gasteiger partial charge in [-0.25, -0.2) is 0 Å². The summed E-state index contributed by atoms with van der Waals surface area (Å²) in [5, 5.41) is 0. The lowest BCUT2D eigenvalue weighted by molar-refractivity contribution is 1.22. The molecule has 0 nitrogen and oxygen atoms in total. The summed E-state index contributed by atoms with van der Waals surface area (Å²) in [7, 11) is -2.11. The van der Waals surface area contributed by atoms with E-state index in [-0.39, 0.29) is 0 Å². The summed E-state index contributed by atoms with van der Waals surface area (Å²) >= 11 is 6.26. The second-order valence-corrected chi connectivity index (χ2v) is 17.3. The molecular formula is C8H21ClSi2. The van der Waals surface area contributed by atoms with E-state index in [0.29, 0.717) is 0 Å². The van der Waals surface area contributed by atoms with Crippen LogP contribution in [0.15, 0.2) is 0 Å². The van der Waals surface area contributed by atoms with Crippen molar-refractivity contribution >= 4 is 26.5 Å². The van der Waals surface area contributed by atoms with Crippen LogP contribution in [0.25, 0.3) is 0 Å². The molecule has 11 heavy (non-hydrogen) atoms. The Morgan fingerprint density at radius 2 is 1.45 bits per heavy atom. The van der Waals surface area contributed by atoms with Crippen LogP contribution in [0.2, 0.25) is 44.3 Å². The van der Waals surface area contributed by atoms with Crippen LogP contribution in [0, 0.1) is 0 Å². The van der Waals surface area contributed by atoms with Crippen LogP contribution in [0.4, 0.5) is 0 Å². The van der Waals surface area contributed by atoms with E-state index in [9.17, 15) is 0 Å². The highest BCUT2D eigenvalue weighted by atomic mass is 35.6. The summed E-state index contributed by atoms with van der Waals surface area (Å²) in [5.74, 6) is 0. The largest absolute Gasteiger partial charge is 0.168 e. The molecule has 0 rings (SSSR count). The Balaban J connectivity index is 3.70. The third kappa shape index (κ3) is 7.10. The molecule has 0 aromatic heterocycles. The second kappa shape index (κ2) is 4.10. The smallest absolute Gasteiger partial charge is 0.150 e. The molecule has 0 saturated heterocycles. The summed E-state index contributed by atoms with van der Waals surface area (Å²) in [6, 6.07) is 4.13. The lowest BCUT2D eigenvalue weighted by Gasteiger charge is -2.23. The molecule has 0 unspecified atom stereocenters. The van der Waals surface area contributed by atoms with Gasteiger partial charge in [0, 0.05) is 8.07 Å². The molecule has 0 aromatic rings. The van der Waals surface area contributed by atoms with Crippen molar-refractivity contribution in [2.75, 3.05) is 0 Å². The van der Waals surface area contributed by atoms with Crippen LogP contribution in [0.1, 0.15) is 6.92 Å². The van der Waals surface area contributed by atoms with Crippen molar-refractivity contribution in [3.63, 3.8) is 0 Å². The van der Waals surface area contributed by atoms with Crippen LogP contribution in [0.3, 0.4) is 0 Å². The molecular weight excluding hydrogens is 188 g/mol. The topological polar surface area (TPSA) is 0 Å². The molecule has 0 aliphatic carbocycles. The highest BCUT2D eigenvalue weighted by molar-refractivity contribution is 7.19. The second-order valence-electron chi connectivity index (χ2n) is 4.74. The summed E-state index contributed by atoms with van der Waals surface area (Å²) < 4.78 is 0. The van der Waals surface area contributed by atoms with E-state index in [1.807, 2.05) is 0 Å². The van der Waals surface area contributed by atoms with Crippen molar-refractivity contribution in [1.82, 2.24) is 0 Å². The van der Waals surface area contributed by atoms with Gasteiger partial charge in [0.2, 0.25) is 0 Å². The SMILES string of the molecule is CC[Si](C)(C)CC[Si](C)(C)Cl. The van der Waals surface area contributed by atoms with Gasteiger partial charge in [-0.3, -0.25) is 0 Å². The van der Waals surface area contributed by atoms with Gasteiger partial charge >= 0.3 is 0 Å². The Bertz CT molecular complexity index is 116. The molecule has 0 fully saturated rings. The van der Waals surface area contributed by atoms with Gasteiger partial charge in [-0.2, -0.15) is 11.1 Å². The zero-order chi connectivity index (χ0) is 9.12. The fraction of sp³-hybridized carbons (Fsp3) is 1.00. The molecule has 3 heteroatoms. The van der Waals surface area contributed by atoms with Crippen LogP contribution in [-0.2, 0) is 0 Å². The Labute approximate surface area is 78.1 Å². The first kappa shape index (κ1) is 11.7. The minimum atomic E-state index is -1.28. The monoisotopic (exact) mass is 208 g/mol. The van der Waals surface area contributed by atoms with Crippen molar-refractivity contribution in [2.45, 2.75) is 51.2 Å². The normalized spacial score (nSPS) is 13.6. The van der Waals surface area contributed by atoms with Crippen LogP contribution < -0.4 is 0 Å². The van der Waals surface area contributed by atoms with Gasteiger partial charge in [0.1, 0.15) is 7.38 Å². The van der Waals surface area contributed by atoms with E-state index in [1.54, 1.807) is 0 Å². The number of hydrogen-bond donors (Lipinski definition) is 0. The van der Waals surface area contributed by atoms with Crippen molar-refractivity contribution in [1.29, 1.82) is 0 Å². The molecule has 0 aliphatic rings. The molecule has 0 heterocycles. The summed E-state index contributed by atoms with van der Waals surface area (Å²) in [5.41, 5.74) is 0. The third-order valence-corrected chi connectivity index (χ3v) is 8.38. The van der Waals surface area contributed by atoms with Gasteiger partial charge in [-0.05, 0) is 6.04 Å². The summed E-state index contributed by atoms with van der Waals surface area (Å²) in [6.07, 6.45) is 0. The minimum Gasteiger partial charge on any atom is -0.168 e. The first-order valence-electron chi connectivity index (χ1n) is 4.46. The Kier molecular flexibility index (Phi) is 4.37. The minimum absolute atomic E-state index is 0.837. The predicted octanol–water partition coefficient (Wildman–Crippen LogP) is 4.16. The summed E-state index contributed by atoms with van der Waals surface area (Å²) in [4.78, 5) is 0. The molecule has 68 valence electrons. The fourth-order valence-electron chi connectivity index (χ4n) is 0.812. The lowest BCUT2D eigenvalue weighted by Crippen LogP contribution is -2.28. The van der Waals surface area contributed by atoms with Crippen molar-refractivity contribution < 1.29 is 0 Å². The third-order valence-electron chi connectivity index (χ3n) is 2.35. The van der Waals surface area contributed by atoms with E-state index < -0.39 is 15.5 Å². The molecule has 0 saturated carbocycles. The van der Waals surface area contributed by atoms with Gasteiger partial charge in [0.25, 0.3) is 0 Å². The van der Waals surface area contributed by atoms with Crippen LogP contribution >= 0.6 is 11.1 Å². The quantitative estimate of drug-likeness (QED) is 0.481. The molecule has 0 amide bonds. The maximum atomic E-state index is 6.26. The molecule has 0 aromatic carbocycles. The molecule has 0 aliphatic heterocycles. The van der Waals surface area contributed by atoms with Crippen LogP contribution in [-0.4, -0.2) is 15.5 Å². The fourth-order valence-corrected chi connectivity index (χ4v) is 7.10. The maximum absolute atomic E-state index is 6.26. The lowest BCUT2D eigenvalue weighted by atomic mass is 10.9. The first-order chi connectivity index (χ1) is 4.77. The van der Waals surface area contributed by atoms with Gasteiger partial charge in [0.15, 0.2) is 0 Å². The van der Waals surface area contributed by atoms with E-state index >= 15 is 0 Å². The van der Waals surface area contributed by atoms with Crippen molar-refractivity contribution in [3.8, 4) is 0 Å². The maximum Gasteiger partial charge on any atom is 0.150 e. The molecule has 0 radical (unpaired) electrons. The average molecular weight is 209 g/mol. The van der Waals surface area contributed by atoms with E-state index in [0.717, 1.165) is 0 Å². The van der Waals surface area contributed by atoms with E-state index in [1.165, 1.54) is 18.1 Å². The number of rotatable bonds is 4. The van der Waals surface area contributed by atoms with Gasteiger partial charge in [-0.1, -0.05) is 45.2 Å². The van der Waals surface area contributed by atoms with E-state index in [4.69, 9.17) is 11.1 Å². The standard InChI is InChI=1S/C8H21ClSi2/c1-6-10(2,3)7-8-11(4,5)9/h6-8H2,1-5H3. The molecule has 0 N–H and O–H groups in total. The Hall–Kier alpha value is 0.724.